The van der Waals surface area contributed by atoms with E-state index in [0.717, 1.165) is 46.0 Å². The van der Waals surface area contributed by atoms with Crippen molar-refractivity contribution in [1.29, 1.82) is 0 Å². The van der Waals surface area contributed by atoms with Crippen LogP contribution < -0.4 is 10.6 Å². The molecule has 3 aromatic rings. The van der Waals surface area contributed by atoms with Crippen LogP contribution in [0.25, 0.3) is 10.9 Å². The minimum atomic E-state index is 0.00881. The lowest BCUT2D eigenvalue weighted by Gasteiger charge is -2.12. The Morgan fingerprint density at radius 1 is 1.04 bits per heavy atom. The predicted octanol–water partition coefficient (Wildman–Crippen LogP) is 5.26. The van der Waals surface area contributed by atoms with Crippen molar-refractivity contribution in [2.75, 3.05) is 17.2 Å². The first-order chi connectivity index (χ1) is 13.2. The molecular weight excluding hydrogens is 334 g/mol. The summed E-state index contributed by atoms with van der Waals surface area (Å²) in [5, 5.41) is 7.65. The number of hydrogen-bond acceptors (Lipinski definition) is 2. The highest BCUT2D eigenvalue weighted by atomic mass is 16.1. The molecular formula is C23H27N3O. The van der Waals surface area contributed by atoms with Gasteiger partial charge < -0.3 is 15.6 Å². The van der Waals surface area contributed by atoms with E-state index < -0.39 is 0 Å². The Morgan fingerprint density at radius 3 is 2.52 bits per heavy atom. The number of nitrogens with one attached hydrogen (secondary N) is 3. The highest BCUT2D eigenvalue weighted by Gasteiger charge is 2.15. The lowest BCUT2D eigenvalue weighted by Crippen LogP contribution is -2.15. The molecule has 1 heterocycles. The van der Waals surface area contributed by atoms with E-state index in [0.29, 0.717) is 6.42 Å². The summed E-state index contributed by atoms with van der Waals surface area (Å²) in [6.07, 6.45) is 5.79. The first kappa shape index (κ1) is 17.7. The standard InChI is InChI=1S/C23H27N3O/c1-16-21(20-8-4-5-9-22(20)25-16)14-23(27)26-19-12-10-18(11-13-19)24-15-17-6-2-3-7-17/h4-5,8-13,17,24-25H,2-3,6-7,14-15H2,1H3,(H,26,27). The maximum absolute atomic E-state index is 12.5. The van der Waals surface area contributed by atoms with Gasteiger partial charge in [-0.1, -0.05) is 31.0 Å². The summed E-state index contributed by atoms with van der Waals surface area (Å²) in [5.41, 5.74) is 5.16. The third-order valence-electron chi connectivity index (χ3n) is 5.60. The van der Waals surface area contributed by atoms with E-state index in [1.165, 1.54) is 25.7 Å². The molecule has 0 spiro atoms. The van der Waals surface area contributed by atoms with E-state index in [1.807, 2.05) is 49.4 Å². The van der Waals surface area contributed by atoms with E-state index >= 15 is 0 Å². The van der Waals surface area contributed by atoms with E-state index in [-0.39, 0.29) is 5.91 Å². The molecule has 1 saturated carbocycles. The molecule has 4 rings (SSSR count). The van der Waals surface area contributed by atoms with E-state index in [2.05, 4.69) is 21.7 Å². The molecule has 3 N–H and O–H groups in total. The third-order valence-corrected chi connectivity index (χ3v) is 5.60. The number of H-pyrrole nitrogens is 1. The summed E-state index contributed by atoms with van der Waals surface area (Å²) < 4.78 is 0. The molecule has 0 aliphatic heterocycles. The zero-order valence-electron chi connectivity index (χ0n) is 15.8. The van der Waals surface area contributed by atoms with Crippen molar-refractivity contribution in [2.45, 2.75) is 39.0 Å². The Kier molecular flexibility index (Phi) is 5.14. The van der Waals surface area contributed by atoms with Gasteiger partial charge in [0.25, 0.3) is 0 Å². The van der Waals surface area contributed by atoms with Crippen LogP contribution in [-0.2, 0) is 11.2 Å². The number of para-hydroxylation sites is 1. The number of amides is 1. The van der Waals surface area contributed by atoms with Gasteiger partial charge >= 0.3 is 0 Å². The lowest BCUT2D eigenvalue weighted by atomic mass is 10.1. The van der Waals surface area contributed by atoms with Crippen molar-refractivity contribution in [3.63, 3.8) is 0 Å². The van der Waals surface area contributed by atoms with E-state index in [1.54, 1.807) is 0 Å². The van der Waals surface area contributed by atoms with Crippen LogP contribution in [0.3, 0.4) is 0 Å². The number of aryl methyl sites for hydroxylation is 1. The first-order valence-corrected chi connectivity index (χ1v) is 9.89. The zero-order valence-corrected chi connectivity index (χ0v) is 15.8. The molecule has 1 fully saturated rings. The molecule has 140 valence electrons. The van der Waals surface area contributed by atoms with Crippen LogP contribution in [0.4, 0.5) is 11.4 Å². The molecule has 1 aliphatic carbocycles. The second-order valence-electron chi connectivity index (χ2n) is 7.61. The number of carbonyl (C=O) groups is 1. The molecule has 0 bridgehead atoms. The number of rotatable bonds is 6. The van der Waals surface area contributed by atoms with Crippen molar-refractivity contribution in [1.82, 2.24) is 4.98 Å². The van der Waals surface area contributed by atoms with Gasteiger partial charge in [-0.25, -0.2) is 0 Å². The second-order valence-corrected chi connectivity index (χ2v) is 7.61. The number of aromatic amines is 1. The molecule has 0 atom stereocenters. The third kappa shape index (κ3) is 4.16. The summed E-state index contributed by atoms with van der Waals surface area (Å²) in [4.78, 5) is 15.9. The van der Waals surface area contributed by atoms with E-state index in [9.17, 15) is 4.79 Å². The highest BCUT2D eigenvalue weighted by Crippen LogP contribution is 2.25. The Balaban J connectivity index is 1.35. The molecule has 1 aliphatic rings. The van der Waals surface area contributed by atoms with Gasteiger partial charge in [0.05, 0.1) is 6.42 Å². The molecule has 1 amide bonds. The van der Waals surface area contributed by atoms with Crippen molar-refractivity contribution in [2.24, 2.45) is 5.92 Å². The van der Waals surface area contributed by atoms with Gasteiger partial charge in [0.2, 0.25) is 5.91 Å². The fraction of sp³-hybridized carbons (Fsp3) is 0.348. The number of carbonyl (C=O) groups excluding carboxylic acids is 1. The molecule has 4 nitrogen and oxygen atoms in total. The van der Waals surface area contributed by atoms with Crippen LogP contribution in [0, 0.1) is 12.8 Å². The van der Waals surface area contributed by atoms with Gasteiger partial charge in [-0.05, 0) is 61.6 Å². The number of benzene rings is 2. The van der Waals surface area contributed by atoms with Gasteiger partial charge in [-0.2, -0.15) is 0 Å². The molecule has 4 heteroatoms. The minimum Gasteiger partial charge on any atom is -0.385 e. The quantitative estimate of drug-likeness (QED) is 0.561. The van der Waals surface area contributed by atoms with Crippen LogP contribution in [0.5, 0.6) is 0 Å². The molecule has 0 unspecified atom stereocenters. The summed E-state index contributed by atoms with van der Waals surface area (Å²) in [6, 6.07) is 16.1. The topological polar surface area (TPSA) is 56.9 Å². The first-order valence-electron chi connectivity index (χ1n) is 9.89. The second kappa shape index (κ2) is 7.87. The fourth-order valence-corrected chi connectivity index (χ4v) is 4.08. The average Bonchev–Trinajstić information content (AvgIpc) is 3.30. The maximum Gasteiger partial charge on any atom is 0.228 e. The van der Waals surface area contributed by atoms with Gasteiger partial charge in [-0.15, -0.1) is 0 Å². The van der Waals surface area contributed by atoms with E-state index in [4.69, 9.17) is 0 Å². The highest BCUT2D eigenvalue weighted by molar-refractivity contribution is 5.96. The van der Waals surface area contributed by atoms with Gasteiger partial charge in [-0.3, -0.25) is 4.79 Å². The molecule has 1 aromatic heterocycles. The van der Waals surface area contributed by atoms with Crippen molar-refractivity contribution < 1.29 is 4.79 Å². The molecule has 27 heavy (non-hydrogen) atoms. The maximum atomic E-state index is 12.5. The normalized spacial score (nSPS) is 14.6. The fourth-order valence-electron chi connectivity index (χ4n) is 4.08. The van der Waals surface area contributed by atoms with Crippen LogP contribution in [0.2, 0.25) is 0 Å². The Labute approximate surface area is 160 Å². The number of aromatic nitrogens is 1. The van der Waals surface area contributed by atoms with Crippen molar-refractivity contribution >= 4 is 28.2 Å². The predicted molar refractivity (Wildman–Crippen MR) is 112 cm³/mol. The monoisotopic (exact) mass is 361 g/mol. The average molecular weight is 361 g/mol. The number of anilines is 2. The van der Waals surface area contributed by atoms with Crippen molar-refractivity contribution in [3.05, 3.63) is 59.8 Å². The molecule has 0 saturated heterocycles. The zero-order chi connectivity index (χ0) is 18.6. The van der Waals surface area contributed by atoms with Crippen LogP contribution in [-0.4, -0.2) is 17.4 Å². The van der Waals surface area contributed by atoms with Gasteiger partial charge in [0, 0.05) is 34.5 Å². The minimum absolute atomic E-state index is 0.00881. The number of fused-ring (bicyclic) bond motifs is 1. The largest absolute Gasteiger partial charge is 0.385 e. The van der Waals surface area contributed by atoms with Crippen LogP contribution >= 0.6 is 0 Å². The summed E-state index contributed by atoms with van der Waals surface area (Å²) in [5.74, 6) is 0.818. The summed E-state index contributed by atoms with van der Waals surface area (Å²) >= 11 is 0. The Hall–Kier alpha value is -2.75. The SMILES string of the molecule is Cc1[nH]c2ccccc2c1CC(=O)Nc1ccc(NCC2CCCC2)cc1. The van der Waals surface area contributed by atoms with Gasteiger partial charge in [0.1, 0.15) is 0 Å². The molecule has 2 aromatic carbocycles. The summed E-state index contributed by atoms with van der Waals surface area (Å²) in [7, 11) is 0. The number of hydrogen-bond donors (Lipinski definition) is 3. The van der Waals surface area contributed by atoms with Gasteiger partial charge in [0.15, 0.2) is 0 Å². The van der Waals surface area contributed by atoms with Crippen LogP contribution in [0.15, 0.2) is 48.5 Å². The van der Waals surface area contributed by atoms with Crippen molar-refractivity contribution in [3.8, 4) is 0 Å². The smallest absolute Gasteiger partial charge is 0.228 e. The molecule has 0 radical (unpaired) electrons. The Bertz CT molecular complexity index is 920. The summed E-state index contributed by atoms with van der Waals surface area (Å²) in [6.45, 7) is 3.07. The lowest BCUT2D eigenvalue weighted by molar-refractivity contribution is -0.115. The van der Waals surface area contributed by atoms with Crippen LogP contribution in [0.1, 0.15) is 36.9 Å². The Morgan fingerprint density at radius 2 is 1.74 bits per heavy atom.